The summed E-state index contributed by atoms with van der Waals surface area (Å²) in [6.45, 7) is 0. The molecule has 12 heteroatoms. The van der Waals surface area contributed by atoms with E-state index in [9.17, 15) is 31.5 Å². The zero-order valence-electron chi connectivity index (χ0n) is 22.2. The Morgan fingerprint density at radius 2 is 1.14 bits per heavy atom. The molecule has 0 atom stereocenters. The van der Waals surface area contributed by atoms with Crippen LogP contribution in [0.15, 0.2) is 125 Å². The molecule has 0 aliphatic heterocycles. The molecule has 0 amide bonds. The van der Waals surface area contributed by atoms with Gasteiger partial charge in [0.15, 0.2) is 0 Å². The Bertz CT molecular complexity index is 1560. The van der Waals surface area contributed by atoms with Crippen molar-refractivity contribution in [2.45, 2.75) is 18.0 Å². The van der Waals surface area contributed by atoms with Crippen LogP contribution in [0, 0.1) is 0 Å². The third-order valence-electron chi connectivity index (χ3n) is 6.53. The van der Waals surface area contributed by atoms with Crippen LogP contribution in [0.4, 0.5) is 30.7 Å². The molecule has 1 heterocycles. The summed E-state index contributed by atoms with van der Waals surface area (Å²) in [4.78, 5) is 26.9. The number of alkyl halides is 7. The number of ether oxygens (including phenoxy) is 1. The Morgan fingerprint density at radius 1 is 0.698 bits per heavy atom. The minimum absolute atomic E-state index is 0.0877. The summed E-state index contributed by atoms with van der Waals surface area (Å²) >= 11 is -5.13. The van der Waals surface area contributed by atoms with Gasteiger partial charge in [0.2, 0.25) is 0 Å². The quantitative estimate of drug-likeness (QED) is 0.0799. The van der Waals surface area contributed by atoms with E-state index < -0.39 is 58.5 Å². The first-order chi connectivity index (χ1) is 20.3. The van der Waals surface area contributed by atoms with Crippen LogP contribution in [0.1, 0.15) is 10.6 Å². The number of furan rings is 1. The van der Waals surface area contributed by atoms with Crippen LogP contribution in [-0.4, -0.2) is 54.3 Å². The molecule has 0 N–H and O–H groups in total. The standard InChI is InChI=1S/C31H22AsF7O4/c1-42-28(41)27(24(20-25(40)26-18-11-19-43-26)29(33,34)30(35,36)31(37,38)39)32(21-12-5-2-6-13-21,22-14-7-3-8-15-22)23-16-9-4-10-17-23/h2-20H,1H3/b24-20-. The maximum atomic E-state index is 16.1. The normalized spacial score (nSPS) is 13.0. The summed E-state index contributed by atoms with van der Waals surface area (Å²) in [5.74, 6) is -16.6. The fraction of sp³-hybridized carbons (Fsp3) is 0.129. The molecule has 0 unspecified atom stereocenters. The molecule has 0 saturated carbocycles. The molecule has 0 saturated heterocycles. The Labute approximate surface area is 243 Å². The van der Waals surface area contributed by atoms with Gasteiger partial charge in [-0.05, 0) is 0 Å². The number of rotatable bonds is 9. The van der Waals surface area contributed by atoms with Crippen LogP contribution in [-0.2, 0) is 9.53 Å². The number of methoxy groups -OCH3 is 1. The van der Waals surface area contributed by atoms with Crippen molar-refractivity contribution in [1.82, 2.24) is 0 Å². The van der Waals surface area contributed by atoms with Gasteiger partial charge in [0.05, 0.1) is 0 Å². The van der Waals surface area contributed by atoms with Crippen molar-refractivity contribution in [2.75, 3.05) is 7.11 Å². The SMILES string of the molecule is COC(=O)C(/C(=C/C(=O)c1ccco1)C(F)(F)C(F)(F)C(F)(F)F)=[As](c1ccccc1)(c1ccccc1)c1ccccc1. The molecule has 4 aromatic rings. The summed E-state index contributed by atoms with van der Waals surface area (Å²) < 4.78 is 112. The van der Waals surface area contributed by atoms with E-state index >= 15 is 8.78 Å². The molecule has 0 bridgehead atoms. The van der Waals surface area contributed by atoms with Gasteiger partial charge in [-0.2, -0.15) is 0 Å². The van der Waals surface area contributed by atoms with E-state index in [1.807, 2.05) is 0 Å². The average molecular weight is 666 g/mol. The van der Waals surface area contributed by atoms with E-state index in [0.29, 0.717) is 0 Å². The number of hydrogen-bond donors (Lipinski definition) is 0. The van der Waals surface area contributed by atoms with E-state index in [1.54, 1.807) is 18.2 Å². The molecule has 3 aromatic carbocycles. The molecule has 1 aromatic heterocycles. The van der Waals surface area contributed by atoms with E-state index in [4.69, 9.17) is 9.15 Å². The van der Waals surface area contributed by atoms with E-state index in [0.717, 1.165) is 19.4 Å². The van der Waals surface area contributed by atoms with Crippen molar-refractivity contribution in [2.24, 2.45) is 0 Å². The molecule has 4 rings (SSSR count). The van der Waals surface area contributed by atoms with Crippen molar-refractivity contribution in [3.63, 3.8) is 0 Å². The molecule has 4 nitrogen and oxygen atoms in total. The van der Waals surface area contributed by atoms with Crippen molar-refractivity contribution in [3.05, 3.63) is 127 Å². The Hall–Kier alpha value is -4.24. The summed E-state index contributed by atoms with van der Waals surface area (Å²) in [6, 6.07) is 24.7. The second-order valence-corrected chi connectivity index (χ2v) is 16.1. The van der Waals surface area contributed by atoms with Crippen LogP contribution < -0.4 is 13.1 Å². The van der Waals surface area contributed by atoms with Gasteiger partial charge in [0.1, 0.15) is 0 Å². The molecule has 0 aliphatic carbocycles. The van der Waals surface area contributed by atoms with Gasteiger partial charge in [-0.15, -0.1) is 0 Å². The zero-order chi connectivity index (χ0) is 31.5. The van der Waals surface area contributed by atoms with Gasteiger partial charge in [-0.25, -0.2) is 0 Å². The van der Waals surface area contributed by atoms with Crippen molar-refractivity contribution >= 4 is 42.2 Å². The van der Waals surface area contributed by atoms with E-state index in [-0.39, 0.29) is 19.1 Å². The number of esters is 1. The minimum atomic E-state index is -6.77. The van der Waals surface area contributed by atoms with Crippen LogP contribution in [0.2, 0.25) is 0 Å². The van der Waals surface area contributed by atoms with E-state index in [2.05, 4.69) is 0 Å². The molecular formula is C31H22AsF7O4. The van der Waals surface area contributed by atoms with Gasteiger partial charge in [0, 0.05) is 0 Å². The predicted octanol–water partition coefficient (Wildman–Crippen LogP) is 5.32. The molecule has 0 aliphatic rings. The van der Waals surface area contributed by atoms with Crippen LogP contribution in [0.25, 0.3) is 0 Å². The first-order valence-corrected chi connectivity index (χ1v) is 16.2. The monoisotopic (exact) mass is 666 g/mol. The first kappa shape index (κ1) is 31.7. The number of halogens is 7. The molecular weight excluding hydrogens is 644 g/mol. The fourth-order valence-corrected chi connectivity index (χ4v) is 13.9. The second kappa shape index (κ2) is 12.2. The summed E-state index contributed by atoms with van der Waals surface area (Å²) in [6.07, 6.45) is -5.88. The summed E-state index contributed by atoms with van der Waals surface area (Å²) in [5, 5.41) is 0. The van der Waals surface area contributed by atoms with Gasteiger partial charge in [-0.3, -0.25) is 0 Å². The van der Waals surface area contributed by atoms with Crippen molar-refractivity contribution < 1.29 is 49.5 Å². The number of allylic oxidation sites excluding steroid dienone is 1. The van der Waals surface area contributed by atoms with Gasteiger partial charge < -0.3 is 0 Å². The van der Waals surface area contributed by atoms with E-state index in [1.165, 1.54) is 78.9 Å². The Kier molecular flexibility index (Phi) is 8.97. The summed E-state index contributed by atoms with van der Waals surface area (Å²) in [5.41, 5.74) is -2.13. The number of carbonyl (C=O) groups excluding carboxylic acids is 2. The second-order valence-electron chi connectivity index (χ2n) is 9.06. The Balaban J connectivity index is 2.37. The van der Waals surface area contributed by atoms with Crippen LogP contribution in [0.5, 0.6) is 0 Å². The third-order valence-corrected chi connectivity index (χ3v) is 15.6. The number of benzene rings is 3. The average Bonchev–Trinajstić information content (AvgIpc) is 3.55. The van der Waals surface area contributed by atoms with Crippen molar-refractivity contribution in [3.8, 4) is 0 Å². The van der Waals surface area contributed by atoms with Crippen LogP contribution in [0.3, 0.4) is 0 Å². The number of hydrogen-bond acceptors (Lipinski definition) is 4. The van der Waals surface area contributed by atoms with Crippen LogP contribution >= 0.6 is 0 Å². The topological polar surface area (TPSA) is 56.5 Å². The Morgan fingerprint density at radius 3 is 1.49 bits per heavy atom. The maximum absolute atomic E-state index is 16.1. The number of ketones is 1. The molecule has 0 spiro atoms. The summed E-state index contributed by atoms with van der Waals surface area (Å²) in [7, 11) is 0.778. The first-order valence-electron chi connectivity index (χ1n) is 12.4. The molecule has 224 valence electrons. The predicted molar refractivity (Wildman–Crippen MR) is 148 cm³/mol. The van der Waals surface area contributed by atoms with Gasteiger partial charge in [0.25, 0.3) is 0 Å². The fourth-order valence-electron chi connectivity index (χ4n) is 4.59. The van der Waals surface area contributed by atoms with Gasteiger partial charge in [-0.1, -0.05) is 0 Å². The third kappa shape index (κ3) is 5.61. The van der Waals surface area contributed by atoms with Gasteiger partial charge >= 0.3 is 244 Å². The van der Waals surface area contributed by atoms with Crippen molar-refractivity contribution in [1.29, 1.82) is 0 Å². The zero-order valence-corrected chi connectivity index (χ0v) is 24.1. The molecule has 43 heavy (non-hydrogen) atoms. The number of carbonyl (C=O) groups is 2. The molecule has 0 radical (unpaired) electrons. The molecule has 0 fully saturated rings.